The number of anilines is 2. The third kappa shape index (κ3) is 4.45. The number of rotatable bonds is 6. The Morgan fingerprint density at radius 2 is 2.24 bits per heavy atom. The predicted octanol–water partition coefficient (Wildman–Crippen LogP) is 1.62. The molecular formula is C17H26N6O2. The highest BCUT2D eigenvalue weighted by atomic mass is 16.5. The number of aromatic nitrogens is 4. The van der Waals surface area contributed by atoms with Crippen LogP contribution in [0.4, 0.5) is 11.8 Å². The Bertz CT molecular complexity index is 689. The van der Waals surface area contributed by atoms with Gasteiger partial charge in [0.25, 0.3) is 0 Å². The first-order chi connectivity index (χ1) is 12.0. The molecule has 8 nitrogen and oxygen atoms in total. The topological polar surface area (TPSA) is 91.4 Å². The molecule has 1 atom stereocenters. The minimum absolute atomic E-state index is 0.235. The summed E-state index contributed by atoms with van der Waals surface area (Å²) in [7, 11) is 1.95. The quantitative estimate of drug-likeness (QED) is 0.844. The molecule has 0 radical (unpaired) electrons. The van der Waals surface area contributed by atoms with E-state index in [1.54, 1.807) is 6.20 Å². The van der Waals surface area contributed by atoms with Gasteiger partial charge in [-0.25, -0.2) is 4.98 Å². The molecule has 8 heteroatoms. The van der Waals surface area contributed by atoms with Crippen molar-refractivity contribution >= 4 is 11.8 Å². The Hall–Kier alpha value is -2.22. The van der Waals surface area contributed by atoms with Gasteiger partial charge in [0.15, 0.2) is 5.82 Å². The molecule has 1 N–H and O–H groups in total. The molecule has 0 amide bonds. The van der Waals surface area contributed by atoms with Gasteiger partial charge in [-0.3, -0.25) is 0 Å². The van der Waals surface area contributed by atoms with Crippen molar-refractivity contribution in [2.75, 3.05) is 36.5 Å². The molecule has 0 aromatic carbocycles. The molecule has 3 heterocycles. The van der Waals surface area contributed by atoms with Crippen LogP contribution in [-0.4, -0.2) is 58.0 Å². The molecular weight excluding hydrogens is 320 g/mol. The molecule has 25 heavy (non-hydrogen) atoms. The normalized spacial score (nSPS) is 18.0. The summed E-state index contributed by atoms with van der Waals surface area (Å²) in [5, 5.41) is 13.9. The summed E-state index contributed by atoms with van der Waals surface area (Å²) in [6.45, 7) is 6.29. The Balaban J connectivity index is 1.61. The van der Waals surface area contributed by atoms with Gasteiger partial charge in [0, 0.05) is 45.2 Å². The summed E-state index contributed by atoms with van der Waals surface area (Å²) in [6, 6.07) is 1.89. The lowest BCUT2D eigenvalue weighted by molar-refractivity contribution is 0.154. The average molecular weight is 346 g/mol. The van der Waals surface area contributed by atoms with Gasteiger partial charge < -0.3 is 19.4 Å². The van der Waals surface area contributed by atoms with Crippen LogP contribution in [0.3, 0.4) is 0 Å². The van der Waals surface area contributed by atoms with Gasteiger partial charge in [0.1, 0.15) is 5.82 Å². The fourth-order valence-corrected chi connectivity index (χ4v) is 2.83. The van der Waals surface area contributed by atoms with Crippen LogP contribution in [0.15, 0.2) is 16.8 Å². The van der Waals surface area contributed by atoms with Crippen LogP contribution in [0.1, 0.15) is 44.3 Å². The van der Waals surface area contributed by atoms with Gasteiger partial charge >= 0.3 is 0 Å². The minimum Gasteiger partial charge on any atom is -0.391 e. The van der Waals surface area contributed by atoms with E-state index < -0.39 is 0 Å². The number of likely N-dealkylation sites (N-methyl/N-ethyl adjacent to an activating group) is 1. The standard InChI is InChI=1S/C17H26N6O2/c1-12(2)16-19-14(21-25-16)7-10-22(3)17-18-8-6-15(20-17)23-9-4-5-13(24)11-23/h6,8,12-13,24H,4-5,7,9-11H2,1-3H3/t13-/m1/s1. The number of aliphatic hydroxyl groups is 1. The second kappa shape index (κ2) is 7.77. The first-order valence-corrected chi connectivity index (χ1v) is 8.82. The van der Waals surface area contributed by atoms with Crippen molar-refractivity contribution in [3.8, 4) is 0 Å². The molecule has 2 aromatic heterocycles. The Kier molecular flexibility index (Phi) is 5.47. The van der Waals surface area contributed by atoms with Crippen molar-refractivity contribution in [1.82, 2.24) is 20.1 Å². The minimum atomic E-state index is -0.279. The van der Waals surface area contributed by atoms with E-state index in [9.17, 15) is 5.11 Å². The molecule has 1 fully saturated rings. The highest BCUT2D eigenvalue weighted by molar-refractivity contribution is 5.44. The summed E-state index contributed by atoms with van der Waals surface area (Å²) in [5.41, 5.74) is 0. The smallest absolute Gasteiger partial charge is 0.229 e. The van der Waals surface area contributed by atoms with Crippen molar-refractivity contribution in [2.45, 2.75) is 45.1 Å². The molecule has 1 saturated heterocycles. The number of hydrogen-bond donors (Lipinski definition) is 1. The fourth-order valence-electron chi connectivity index (χ4n) is 2.83. The third-order valence-electron chi connectivity index (χ3n) is 4.34. The van der Waals surface area contributed by atoms with Crippen LogP contribution in [-0.2, 0) is 6.42 Å². The summed E-state index contributed by atoms with van der Waals surface area (Å²) < 4.78 is 5.23. The van der Waals surface area contributed by atoms with Crippen LogP contribution < -0.4 is 9.80 Å². The van der Waals surface area contributed by atoms with Gasteiger partial charge in [0.05, 0.1) is 6.10 Å². The second-order valence-electron chi connectivity index (χ2n) is 6.83. The number of piperidine rings is 1. The lowest BCUT2D eigenvalue weighted by Gasteiger charge is -2.31. The molecule has 2 aromatic rings. The van der Waals surface area contributed by atoms with E-state index in [1.807, 2.05) is 31.9 Å². The van der Waals surface area contributed by atoms with E-state index in [1.165, 1.54) is 0 Å². The zero-order valence-corrected chi connectivity index (χ0v) is 15.1. The second-order valence-corrected chi connectivity index (χ2v) is 6.83. The summed E-state index contributed by atoms with van der Waals surface area (Å²) in [6.07, 6.45) is 3.99. The first-order valence-electron chi connectivity index (χ1n) is 8.82. The lowest BCUT2D eigenvalue weighted by atomic mass is 10.1. The van der Waals surface area contributed by atoms with Gasteiger partial charge in [-0.05, 0) is 18.9 Å². The fraction of sp³-hybridized carbons (Fsp3) is 0.647. The number of nitrogens with zero attached hydrogens (tertiary/aromatic N) is 6. The van der Waals surface area contributed by atoms with Crippen LogP contribution >= 0.6 is 0 Å². The highest BCUT2D eigenvalue weighted by Crippen LogP contribution is 2.19. The summed E-state index contributed by atoms with van der Waals surface area (Å²) >= 11 is 0. The zero-order chi connectivity index (χ0) is 17.8. The molecule has 136 valence electrons. The molecule has 1 aliphatic heterocycles. The van der Waals surface area contributed by atoms with Crippen molar-refractivity contribution in [2.24, 2.45) is 0 Å². The van der Waals surface area contributed by atoms with Gasteiger partial charge in [-0.15, -0.1) is 0 Å². The molecule has 0 spiro atoms. The maximum Gasteiger partial charge on any atom is 0.229 e. The Morgan fingerprint density at radius 1 is 1.40 bits per heavy atom. The maximum absolute atomic E-state index is 9.85. The average Bonchev–Trinajstić information content (AvgIpc) is 3.09. The van der Waals surface area contributed by atoms with E-state index in [4.69, 9.17) is 4.52 Å². The maximum atomic E-state index is 9.85. The van der Waals surface area contributed by atoms with E-state index in [0.29, 0.717) is 37.2 Å². The van der Waals surface area contributed by atoms with Gasteiger partial charge in [-0.1, -0.05) is 19.0 Å². The third-order valence-corrected chi connectivity index (χ3v) is 4.34. The van der Waals surface area contributed by atoms with Crippen molar-refractivity contribution in [3.63, 3.8) is 0 Å². The molecule has 0 saturated carbocycles. The van der Waals surface area contributed by atoms with E-state index in [2.05, 4.69) is 25.0 Å². The Labute approximate surface area is 147 Å². The van der Waals surface area contributed by atoms with Crippen LogP contribution in [0.2, 0.25) is 0 Å². The molecule has 0 aliphatic carbocycles. The monoisotopic (exact) mass is 346 g/mol. The van der Waals surface area contributed by atoms with Crippen molar-refractivity contribution in [1.29, 1.82) is 0 Å². The molecule has 3 rings (SSSR count). The lowest BCUT2D eigenvalue weighted by Crippen LogP contribution is -2.39. The number of aliphatic hydroxyl groups excluding tert-OH is 1. The Morgan fingerprint density at radius 3 is 2.96 bits per heavy atom. The van der Waals surface area contributed by atoms with Crippen LogP contribution in [0.25, 0.3) is 0 Å². The first kappa shape index (κ1) is 17.6. The molecule has 1 aliphatic rings. The SMILES string of the molecule is CC(C)c1nc(CCN(C)c2nccc(N3CCC[C@@H](O)C3)n2)no1. The number of β-amino-alcohol motifs (C(OH)–C–C–N with tert-alkyl or cyclic N) is 1. The van der Waals surface area contributed by atoms with Gasteiger partial charge in [-0.2, -0.15) is 9.97 Å². The van der Waals surface area contributed by atoms with E-state index in [-0.39, 0.29) is 12.0 Å². The van der Waals surface area contributed by atoms with E-state index in [0.717, 1.165) is 25.2 Å². The van der Waals surface area contributed by atoms with Crippen LogP contribution in [0.5, 0.6) is 0 Å². The van der Waals surface area contributed by atoms with E-state index >= 15 is 0 Å². The summed E-state index contributed by atoms with van der Waals surface area (Å²) in [4.78, 5) is 17.5. The molecule has 0 unspecified atom stereocenters. The van der Waals surface area contributed by atoms with Crippen molar-refractivity contribution < 1.29 is 9.63 Å². The van der Waals surface area contributed by atoms with Crippen LogP contribution in [0, 0.1) is 0 Å². The highest BCUT2D eigenvalue weighted by Gasteiger charge is 2.19. The number of hydrogen-bond acceptors (Lipinski definition) is 8. The molecule has 0 bridgehead atoms. The largest absolute Gasteiger partial charge is 0.391 e. The van der Waals surface area contributed by atoms with Crippen molar-refractivity contribution in [3.05, 3.63) is 24.0 Å². The zero-order valence-electron chi connectivity index (χ0n) is 15.1. The van der Waals surface area contributed by atoms with Gasteiger partial charge in [0.2, 0.25) is 11.8 Å². The summed E-state index contributed by atoms with van der Waals surface area (Å²) in [5.74, 6) is 3.12. The predicted molar refractivity (Wildman–Crippen MR) is 94.8 cm³/mol.